The van der Waals surface area contributed by atoms with E-state index in [0.29, 0.717) is 11.3 Å². The molecule has 0 spiro atoms. The van der Waals surface area contributed by atoms with Crippen LogP contribution in [0.25, 0.3) is 21.8 Å². The number of fused-ring (bicyclic) bond motifs is 3. The average molecular weight is 483 g/mol. The summed E-state index contributed by atoms with van der Waals surface area (Å²) in [7, 11) is 1.59. The number of aromatic nitrogens is 1. The molecule has 0 aliphatic rings. The minimum atomic E-state index is -0.635. The predicted molar refractivity (Wildman–Crippen MR) is 122 cm³/mol. The third kappa shape index (κ3) is 4.26. The average Bonchev–Trinajstić information content (AvgIpc) is 3.16. The number of amides is 2. The van der Waals surface area contributed by atoms with Crippen molar-refractivity contribution in [2.24, 2.45) is 5.73 Å². The maximum Gasteiger partial charge on any atom is 0.426 e. The number of carbonyl (C=O) groups is 2. The molecule has 4 rings (SSSR count). The first kappa shape index (κ1) is 20.5. The van der Waals surface area contributed by atoms with E-state index < -0.39 is 12.0 Å². The van der Waals surface area contributed by atoms with Crippen molar-refractivity contribution in [3.05, 3.63) is 70.2 Å². The molecule has 1 heterocycles. The number of nitrogens with two attached hydrogens (primary N) is 1. The number of hydrogen-bond acceptors (Lipinski definition) is 5. The molecule has 0 bridgehead atoms. The highest BCUT2D eigenvalue weighted by Gasteiger charge is 2.15. The molecule has 0 aliphatic carbocycles. The van der Waals surface area contributed by atoms with Gasteiger partial charge in [-0.25, -0.2) is 10.2 Å². The zero-order valence-corrected chi connectivity index (χ0v) is 18.1. The molecule has 1 aromatic heterocycles. The number of hydrazine groups is 1. The molecule has 2 amide bonds. The number of anilines is 1. The molecule has 0 atom stereocenters. The minimum Gasteiger partial charge on any atom is -0.497 e. The van der Waals surface area contributed by atoms with E-state index in [-0.39, 0.29) is 6.61 Å². The molecule has 0 radical (unpaired) electrons. The van der Waals surface area contributed by atoms with Gasteiger partial charge in [0.2, 0.25) is 5.91 Å². The van der Waals surface area contributed by atoms with Gasteiger partial charge in [-0.05, 0) is 57.9 Å². The Morgan fingerprint density at radius 1 is 1.13 bits per heavy atom. The number of H-pyrrole nitrogens is 1. The van der Waals surface area contributed by atoms with Gasteiger partial charge in [0.25, 0.3) is 0 Å². The van der Waals surface area contributed by atoms with Gasteiger partial charge in [-0.1, -0.05) is 18.2 Å². The number of primary amides is 1. The summed E-state index contributed by atoms with van der Waals surface area (Å²) in [5.41, 5.74) is 14.3. The summed E-state index contributed by atoms with van der Waals surface area (Å²) >= 11 is 3.53. The number of methoxy groups -OCH3 is 1. The molecule has 3 aromatic carbocycles. The second-order valence-electron chi connectivity index (χ2n) is 6.77. The molecule has 5 N–H and O–H groups in total. The number of halogens is 1. The Morgan fingerprint density at radius 2 is 1.90 bits per heavy atom. The number of hydrogen-bond donors (Lipinski definition) is 4. The van der Waals surface area contributed by atoms with Gasteiger partial charge < -0.3 is 20.2 Å². The van der Waals surface area contributed by atoms with Crippen molar-refractivity contribution in [3.8, 4) is 5.75 Å². The van der Waals surface area contributed by atoms with Crippen LogP contribution in [0.15, 0.2) is 59.1 Å². The summed E-state index contributed by atoms with van der Waals surface area (Å²) in [5.74, 6) is 0.217. The molecule has 0 saturated heterocycles. The van der Waals surface area contributed by atoms with Crippen LogP contribution in [0, 0.1) is 0 Å². The van der Waals surface area contributed by atoms with Crippen molar-refractivity contribution < 1.29 is 19.1 Å². The van der Waals surface area contributed by atoms with Gasteiger partial charge >= 0.3 is 6.09 Å². The summed E-state index contributed by atoms with van der Waals surface area (Å²) in [6, 6.07) is 16.2. The summed E-state index contributed by atoms with van der Waals surface area (Å²) in [5, 5.41) is 1.51. The lowest BCUT2D eigenvalue weighted by Gasteiger charge is -2.11. The summed E-state index contributed by atoms with van der Waals surface area (Å²) < 4.78 is 11.1. The molecular formula is C22H19BrN4O4. The fraction of sp³-hybridized carbons (Fsp3) is 0.0909. The lowest BCUT2D eigenvalue weighted by molar-refractivity contribution is 0.100. The van der Waals surface area contributed by atoms with Crippen LogP contribution in [0.3, 0.4) is 0 Å². The number of carbonyl (C=O) groups excluding carboxylic acids is 2. The third-order valence-electron chi connectivity index (χ3n) is 4.79. The maximum atomic E-state index is 12.1. The highest BCUT2D eigenvalue weighted by atomic mass is 79.9. The van der Waals surface area contributed by atoms with E-state index in [1.165, 1.54) is 0 Å². The first-order valence-electron chi connectivity index (χ1n) is 9.31. The standard InChI is InChI=1S/C22H19BrN4O4/c1-30-14-7-5-12(6-8-14)11-31-22(29)27-26-13-9-16-19-15(21(24)28)3-2-4-18(19)25-20(16)17(23)10-13/h2-10,25-26H,11H2,1H3,(H2,24,28)(H,27,29). The fourth-order valence-electron chi connectivity index (χ4n) is 3.32. The molecule has 158 valence electrons. The number of benzene rings is 3. The molecule has 8 nitrogen and oxygen atoms in total. The highest BCUT2D eigenvalue weighted by Crippen LogP contribution is 2.35. The Kier molecular flexibility index (Phi) is 5.68. The van der Waals surface area contributed by atoms with Crippen LogP contribution in [0.2, 0.25) is 0 Å². The molecule has 4 aromatic rings. The summed E-state index contributed by atoms with van der Waals surface area (Å²) in [6.07, 6.45) is -0.635. The van der Waals surface area contributed by atoms with Gasteiger partial charge in [-0.2, -0.15) is 0 Å². The lowest BCUT2D eigenvalue weighted by Crippen LogP contribution is -2.29. The van der Waals surface area contributed by atoms with Crippen LogP contribution in [0.5, 0.6) is 5.75 Å². The Bertz CT molecular complexity index is 1280. The van der Waals surface area contributed by atoms with E-state index in [2.05, 4.69) is 31.8 Å². The van der Waals surface area contributed by atoms with Crippen molar-refractivity contribution >= 4 is 55.4 Å². The van der Waals surface area contributed by atoms with Crippen molar-refractivity contribution in [1.82, 2.24) is 10.4 Å². The lowest BCUT2D eigenvalue weighted by atomic mass is 10.1. The predicted octanol–water partition coefficient (Wildman–Crippen LogP) is 4.44. The Labute approximate surface area is 185 Å². The molecular weight excluding hydrogens is 464 g/mol. The highest BCUT2D eigenvalue weighted by molar-refractivity contribution is 9.10. The zero-order valence-electron chi connectivity index (χ0n) is 16.5. The molecule has 0 fully saturated rings. The number of ether oxygens (including phenoxy) is 2. The maximum absolute atomic E-state index is 12.1. The molecule has 0 saturated carbocycles. The van der Waals surface area contributed by atoms with Crippen LogP contribution in [0.1, 0.15) is 15.9 Å². The van der Waals surface area contributed by atoms with Gasteiger partial charge in [0.1, 0.15) is 12.4 Å². The van der Waals surface area contributed by atoms with Crippen LogP contribution in [0.4, 0.5) is 10.5 Å². The zero-order chi connectivity index (χ0) is 22.0. The monoisotopic (exact) mass is 482 g/mol. The smallest absolute Gasteiger partial charge is 0.426 e. The molecule has 9 heteroatoms. The largest absolute Gasteiger partial charge is 0.497 e. The quantitative estimate of drug-likeness (QED) is 0.303. The van der Waals surface area contributed by atoms with Crippen molar-refractivity contribution in [2.75, 3.05) is 12.5 Å². The van der Waals surface area contributed by atoms with Crippen molar-refractivity contribution in [1.29, 1.82) is 0 Å². The third-order valence-corrected chi connectivity index (χ3v) is 5.41. The van der Waals surface area contributed by atoms with E-state index >= 15 is 0 Å². The van der Waals surface area contributed by atoms with Gasteiger partial charge in [-0.3, -0.25) is 10.2 Å². The number of aromatic amines is 1. The molecule has 31 heavy (non-hydrogen) atoms. The Balaban J connectivity index is 1.49. The van der Waals surface area contributed by atoms with Crippen LogP contribution < -0.4 is 21.3 Å². The van der Waals surface area contributed by atoms with Gasteiger partial charge in [0, 0.05) is 26.3 Å². The summed E-state index contributed by atoms with van der Waals surface area (Å²) in [4.78, 5) is 27.2. The first-order valence-corrected chi connectivity index (χ1v) is 10.1. The van der Waals surface area contributed by atoms with Crippen LogP contribution in [-0.4, -0.2) is 24.1 Å². The second-order valence-corrected chi connectivity index (χ2v) is 7.63. The van der Waals surface area contributed by atoms with Crippen molar-refractivity contribution in [2.45, 2.75) is 6.61 Å². The fourth-order valence-corrected chi connectivity index (χ4v) is 3.88. The van der Waals surface area contributed by atoms with E-state index in [1.807, 2.05) is 24.3 Å². The van der Waals surface area contributed by atoms with Crippen LogP contribution >= 0.6 is 15.9 Å². The van der Waals surface area contributed by atoms with Gasteiger partial charge in [0.05, 0.1) is 18.3 Å². The number of rotatable bonds is 6. The SMILES string of the molecule is COc1ccc(COC(=O)NNc2cc(Br)c3[nH]c4cccc(C(N)=O)c4c3c2)cc1. The number of nitrogens with one attached hydrogen (secondary N) is 3. The normalized spacial score (nSPS) is 10.8. The second kappa shape index (κ2) is 8.57. The minimum absolute atomic E-state index is 0.116. The van der Waals surface area contributed by atoms with Crippen LogP contribution in [-0.2, 0) is 11.3 Å². The van der Waals surface area contributed by atoms with Gasteiger partial charge in [-0.15, -0.1) is 0 Å². The van der Waals surface area contributed by atoms with E-state index in [9.17, 15) is 9.59 Å². The van der Waals surface area contributed by atoms with Crippen molar-refractivity contribution in [3.63, 3.8) is 0 Å². The summed E-state index contributed by atoms with van der Waals surface area (Å²) in [6.45, 7) is 0.116. The van der Waals surface area contributed by atoms with E-state index in [0.717, 1.165) is 37.6 Å². The molecule has 0 aliphatic heterocycles. The Morgan fingerprint density at radius 3 is 2.61 bits per heavy atom. The topological polar surface area (TPSA) is 118 Å². The van der Waals surface area contributed by atoms with E-state index in [4.69, 9.17) is 15.2 Å². The van der Waals surface area contributed by atoms with E-state index in [1.54, 1.807) is 37.4 Å². The molecule has 0 unspecified atom stereocenters. The Hall–Kier alpha value is -3.72. The van der Waals surface area contributed by atoms with Gasteiger partial charge in [0.15, 0.2) is 0 Å². The first-order chi connectivity index (χ1) is 15.0.